The van der Waals surface area contributed by atoms with Crippen LogP contribution in [0.2, 0.25) is 0 Å². The fraction of sp³-hybridized carbons (Fsp3) is 1.00. The van der Waals surface area contributed by atoms with Crippen molar-refractivity contribution in [3.05, 3.63) is 0 Å². The molecule has 0 saturated carbocycles. The standard InChI is InChI=1S/C13H28N2O2/c1-3-15(8-9-17-11-10-16-2)12-13-4-6-14-7-5-13/h13-14H,3-12H2,1-2H3. The minimum atomic E-state index is 0.695. The second-order valence-corrected chi connectivity index (χ2v) is 4.69. The van der Waals surface area contributed by atoms with E-state index in [2.05, 4.69) is 17.1 Å². The highest BCUT2D eigenvalue weighted by Crippen LogP contribution is 2.13. The Hall–Kier alpha value is -0.160. The molecule has 0 atom stereocenters. The summed E-state index contributed by atoms with van der Waals surface area (Å²) >= 11 is 0. The van der Waals surface area contributed by atoms with E-state index in [9.17, 15) is 0 Å². The maximum absolute atomic E-state index is 5.52. The first-order valence-electron chi connectivity index (χ1n) is 6.86. The summed E-state index contributed by atoms with van der Waals surface area (Å²) in [6.07, 6.45) is 2.64. The van der Waals surface area contributed by atoms with E-state index in [0.29, 0.717) is 13.2 Å². The monoisotopic (exact) mass is 244 g/mol. The van der Waals surface area contributed by atoms with Crippen molar-refractivity contribution in [1.29, 1.82) is 0 Å². The fourth-order valence-corrected chi connectivity index (χ4v) is 2.25. The predicted octanol–water partition coefficient (Wildman–Crippen LogP) is 0.971. The van der Waals surface area contributed by atoms with Crippen LogP contribution in [0.5, 0.6) is 0 Å². The molecule has 0 aromatic heterocycles. The van der Waals surface area contributed by atoms with Gasteiger partial charge in [0.25, 0.3) is 0 Å². The average Bonchev–Trinajstić information content (AvgIpc) is 2.38. The van der Waals surface area contributed by atoms with Gasteiger partial charge in [0, 0.05) is 20.2 Å². The lowest BCUT2D eigenvalue weighted by atomic mass is 9.97. The number of nitrogens with zero attached hydrogens (tertiary/aromatic N) is 1. The van der Waals surface area contributed by atoms with E-state index in [1.807, 2.05) is 0 Å². The Morgan fingerprint density at radius 2 is 1.94 bits per heavy atom. The van der Waals surface area contributed by atoms with Crippen LogP contribution >= 0.6 is 0 Å². The van der Waals surface area contributed by atoms with Crippen LogP contribution < -0.4 is 5.32 Å². The van der Waals surface area contributed by atoms with E-state index < -0.39 is 0 Å². The van der Waals surface area contributed by atoms with Crippen molar-refractivity contribution in [1.82, 2.24) is 10.2 Å². The maximum atomic E-state index is 5.52. The van der Waals surface area contributed by atoms with Crippen LogP contribution in [-0.2, 0) is 9.47 Å². The van der Waals surface area contributed by atoms with Crippen molar-refractivity contribution < 1.29 is 9.47 Å². The highest BCUT2D eigenvalue weighted by Gasteiger charge is 2.15. The third-order valence-corrected chi connectivity index (χ3v) is 3.41. The molecule has 0 spiro atoms. The molecule has 4 heteroatoms. The van der Waals surface area contributed by atoms with E-state index in [1.165, 1.54) is 32.5 Å². The zero-order valence-electron chi connectivity index (χ0n) is 11.4. The Balaban J connectivity index is 2.05. The lowest BCUT2D eigenvalue weighted by Crippen LogP contribution is -2.37. The molecule has 4 nitrogen and oxygen atoms in total. The quantitative estimate of drug-likeness (QED) is 0.613. The summed E-state index contributed by atoms with van der Waals surface area (Å²) in [6.45, 7) is 10.2. The Morgan fingerprint density at radius 3 is 2.59 bits per heavy atom. The molecule has 1 rings (SSSR count). The zero-order chi connectivity index (χ0) is 12.3. The number of rotatable bonds is 9. The molecule has 0 radical (unpaired) electrons. The Labute approximate surface area is 106 Å². The van der Waals surface area contributed by atoms with E-state index in [1.54, 1.807) is 7.11 Å². The van der Waals surface area contributed by atoms with Gasteiger partial charge in [-0.15, -0.1) is 0 Å². The van der Waals surface area contributed by atoms with E-state index >= 15 is 0 Å². The summed E-state index contributed by atoms with van der Waals surface area (Å²) in [5, 5.41) is 3.42. The van der Waals surface area contributed by atoms with Gasteiger partial charge in [0.15, 0.2) is 0 Å². The third kappa shape index (κ3) is 6.99. The summed E-state index contributed by atoms with van der Waals surface area (Å²) in [5.41, 5.74) is 0. The van der Waals surface area contributed by atoms with E-state index in [-0.39, 0.29) is 0 Å². The van der Waals surface area contributed by atoms with Gasteiger partial charge >= 0.3 is 0 Å². The minimum Gasteiger partial charge on any atom is -0.382 e. The molecule has 0 amide bonds. The Bertz CT molecular complexity index is 173. The second kappa shape index (κ2) is 9.83. The van der Waals surface area contributed by atoms with Crippen LogP contribution in [-0.4, -0.2) is 64.6 Å². The minimum absolute atomic E-state index is 0.695. The van der Waals surface area contributed by atoms with Crippen molar-refractivity contribution >= 4 is 0 Å². The van der Waals surface area contributed by atoms with Gasteiger partial charge in [0.05, 0.1) is 19.8 Å². The maximum Gasteiger partial charge on any atom is 0.0700 e. The number of piperidine rings is 1. The highest BCUT2D eigenvalue weighted by molar-refractivity contribution is 4.72. The second-order valence-electron chi connectivity index (χ2n) is 4.69. The first kappa shape index (κ1) is 14.9. The normalized spacial score (nSPS) is 17.8. The van der Waals surface area contributed by atoms with Crippen LogP contribution in [0.3, 0.4) is 0 Å². The lowest BCUT2D eigenvalue weighted by Gasteiger charge is -2.29. The molecule has 0 unspecified atom stereocenters. The summed E-state index contributed by atoms with van der Waals surface area (Å²) in [6, 6.07) is 0. The van der Waals surface area contributed by atoms with Crippen LogP contribution in [0.4, 0.5) is 0 Å². The number of ether oxygens (including phenoxy) is 2. The van der Waals surface area contributed by atoms with Gasteiger partial charge in [-0.2, -0.15) is 0 Å². The Kier molecular flexibility index (Phi) is 8.61. The number of likely N-dealkylation sites (N-methyl/N-ethyl adjacent to an activating group) is 1. The molecule has 1 saturated heterocycles. The fourth-order valence-electron chi connectivity index (χ4n) is 2.25. The summed E-state index contributed by atoms with van der Waals surface area (Å²) in [4.78, 5) is 2.50. The van der Waals surface area contributed by atoms with Gasteiger partial charge in [-0.25, -0.2) is 0 Å². The van der Waals surface area contributed by atoms with Crippen molar-refractivity contribution in [2.24, 2.45) is 5.92 Å². The Morgan fingerprint density at radius 1 is 1.18 bits per heavy atom. The van der Waals surface area contributed by atoms with Gasteiger partial charge in [0.1, 0.15) is 0 Å². The number of hydrogen-bond donors (Lipinski definition) is 1. The smallest absolute Gasteiger partial charge is 0.0700 e. The molecule has 1 N–H and O–H groups in total. The van der Waals surface area contributed by atoms with Gasteiger partial charge in [-0.1, -0.05) is 6.92 Å². The molecule has 1 aliphatic rings. The zero-order valence-corrected chi connectivity index (χ0v) is 11.4. The molecule has 0 aliphatic carbocycles. The van der Waals surface area contributed by atoms with Crippen LogP contribution in [0.15, 0.2) is 0 Å². The lowest BCUT2D eigenvalue weighted by molar-refractivity contribution is 0.0546. The topological polar surface area (TPSA) is 33.7 Å². The van der Waals surface area contributed by atoms with Crippen LogP contribution in [0, 0.1) is 5.92 Å². The molecule has 0 aromatic carbocycles. The van der Waals surface area contributed by atoms with Gasteiger partial charge in [-0.3, -0.25) is 0 Å². The molecule has 1 fully saturated rings. The first-order valence-corrected chi connectivity index (χ1v) is 6.86. The number of nitrogens with one attached hydrogen (secondary N) is 1. The van der Waals surface area contributed by atoms with Crippen molar-refractivity contribution in [3.63, 3.8) is 0 Å². The van der Waals surface area contributed by atoms with Crippen molar-refractivity contribution in [2.45, 2.75) is 19.8 Å². The summed E-state index contributed by atoms with van der Waals surface area (Å²) < 4.78 is 10.5. The van der Waals surface area contributed by atoms with Crippen LogP contribution in [0.25, 0.3) is 0 Å². The average molecular weight is 244 g/mol. The van der Waals surface area contributed by atoms with Crippen molar-refractivity contribution in [2.75, 3.05) is 59.7 Å². The summed E-state index contributed by atoms with van der Waals surface area (Å²) in [5.74, 6) is 0.871. The molecule has 0 aromatic rings. The third-order valence-electron chi connectivity index (χ3n) is 3.41. The largest absolute Gasteiger partial charge is 0.382 e. The van der Waals surface area contributed by atoms with Gasteiger partial charge in [-0.05, 0) is 38.4 Å². The molecule has 102 valence electrons. The van der Waals surface area contributed by atoms with Gasteiger partial charge < -0.3 is 19.7 Å². The van der Waals surface area contributed by atoms with Crippen LogP contribution in [0.1, 0.15) is 19.8 Å². The molecule has 0 bridgehead atoms. The summed E-state index contributed by atoms with van der Waals surface area (Å²) in [7, 11) is 1.71. The first-order chi connectivity index (χ1) is 8.36. The SMILES string of the molecule is CCN(CCOCCOC)CC1CCNCC1. The van der Waals surface area contributed by atoms with E-state index in [0.717, 1.165) is 25.6 Å². The molecule has 1 aliphatic heterocycles. The highest BCUT2D eigenvalue weighted by atomic mass is 16.5. The molecule has 17 heavy (non-hydrogen) atoms. The van der Waals surface area contributed by atoms with E-state index in [4.69, 9.17) is 9.47 Å². The van der Waals surface area contributed by atoms with Crippen molar-refractivity contribution in [3.8, 4) is 0 Å². The molecular formula is C13H28N2O2. The molecule has 1 heterocycles. The predicted molar refractivity (Wildman–Crippen MR) is 70.4 cm³/mol. The van der Waals surface area contributed by atoms with Gasteiger partial charge in [0.2, 0.25) is 0 Å². The number of methoxy groups -OCH3 is 1. The number of hydrogen-bond acceptors (Lipinski definition) is 4. The molecular weight excluding hydrogens is 216 g/mol.